The van der Waals surface area contributed by atoms with Gasteiger partial charge in [0.05, 0.1) is 49.0 Å². The van der Waals surface area contributed by atoms with Gasteiger partial charge in [-0.25, -0.2) is 4.68 Å². The Labute approximate surface area is 224 Å². The summed E-state index contributed by atoms with van der Waals surface area (Å²) in [6.45, 7) is 1.95. The third-order valence-electron chi connectivity index (χ3n) is 6.79. The van der Waals surface area contributed by atoms with E-state index in [0.29, 0.717) is 40.0 Å². The van der Waals surface area contributed by atoms with Crippen molar-refractivity contribution in [3.05, 3.63) is 70.9 Å². The van der Waals surface area contributed by atoms with Gasteiger partial charge in [-0.15, -0.1) is 0 Å². The fraction of sp³-hybridized carbons (Fsp3) is 0.346. The highest BCUT2D eigenvalue weighted by Gasteiger charge is 2.49. The molecule has 2 aliphatic rings. The van der Waals surface area contributed by atoms with Crippen molar-refractivity contribution in [1.82, 2.24) is 15.1 Å². The lowest BCUT2D eigenvalue weighted by Gasteiger charge is -2.27. The highest BCUT2D eigenvalue weighted by atomic mass is 35.5. The van der Waals surface area contributed by atoms with Gasteiger partial charge < -0.3 is 10.2 Å². The minimum Gasteiger partial charge on any atom is -0.343 e. The van der Waals surface area contributed by atoms with Crippen LogP contribution in [0.2, 0.25) is 5.02 Å². The van der Waals surface area contributed by atoms with Crippen molar-refractivity contribution < 1.29 is 22.2 Å². The Morgan fingerprint density at radius 2 is 1.89 bits per heavy atom. The molecule has 38 heavy (non-hydrogen) atoms. The van der Waals surface area contributed by atoms with Gasteiger partial charge in [-0.05, 0) is 62.6 Å². The molecule has 0 spiro atoms. The summed E-state index contributed by atoms with van der Waals surface area (Å²) in [7, 11) is -1.54. The zero-order valence-electron chi connectivity index (χ0n) is 20.2. The lowest BCUT2D eigenvalue weighted by molar-refractivity contribution is -0.137. The number of hydrogen-bond donors (Lipinski definition) is 1. The number of rotatable bonds is 6. The van der Waals surface area contributed by atoms with E-state index in [1.54, 1.807) is 42.2 Å². The molecule has 3 aromatic rings. The van der Waals surface area contributed by atoms with Gasteiger partial charge in [-0.1, -0.05) is 23.7 Å². The highest BCUT2D eigenvalue weighted by Crippen LogP contribution is 2.38. The van der Waals surface area contributed by atoms with Crippen molar-refractivity contribution in [1.29, 1.82) is 5.26 Å². The molecule has 1 saturated heterocycles. The third-order valence-corrected chi connectivity index (χ3v) is 8.97. The number of nitriles is 1. The van der Waals surface area contributed by atoms with Crippen molar-refractivity contribution in [2.45, 2.75) is 54.1 Å². The first-order valence-electron chi connectivity index (χ1n) is 11.9. The van der Waals surface area contributed by atoms with Crippen molar-refractivity contribution in [2.75, 3.05) is 11.4 Å². The summed E-state index contributed by atoms with van der Waals surface area (Å²) < 4.78 is 54.4. The Morgan fingerprint density at radius 3 is 2.50 bits per heavy atom. The maximum atomic E-state index is 13.5. The zero-order chi connectivity index (χ0) is 27.2. The number of carbonyl (C=O) groups excluding carboxylic acids is 1. The molecule has 3 unspecified atom stereocenters. The van der Waals surface area contributed by atoms with E-state index >= 15 is 0 Å². The average Bonchev–Trinajstić information content (AvgIpc) is 3.33. The van der Waals surface area contributed by atoms with Crippen LogP contribution in [0.5, 0.6) is 0 Å². The Bertz CT molecular complexity index is 1450. The predicted molar refractivity (Wildman–Crippen MR) is 136 cm³/mol. The largest absolute Gasteiger partial charge is 0.416 e. The van der Waals surface area contributed by atoms with E-state index in [2.05, 4.69) is 16.5 Å². The second-order valence-corrected chi connectivity index (χ2v) is 11.6. The van der Waals surface area contributed by atoms with E-state index in [1.807, 2.05) is 0 Å². The highest BCUT2D eigenvalue weighted by molar-refractivity contribution is 7.85. The minimum absolute atomic E-state index is 0.210. The van der Waals surface area contributed by atoms with Crippen molar-refractivity contribution in [3.63, 3.8) is 0 Å². The standard InChI is InChI=1S/C26H23ClF3N5O2S/c1-16-12-23(35(33-16)18-8-6-17(7-9-18)26(28,29)30)34-14-19(38(37)22-5-3-2-4-20(22)27)13-21(34)24(36)32-25(15-31)10-11-25/h2-9,12,19,21H,10-11,13-14H2,1H3,(H,32,36). The van der Waals surface area contributed by atoms with Gasteiger partial charge in [-0.2, -0.15) is 23.5 Å². The molecule has 1 amide bonds. The lowest BCUT2D eigenvalue weighted by Crippen LogP contribution is -2.48. The lowest BCUT2D eigenvalue weighted by atomic mass is 10.1. The number of halogens is 4. The van der Waals surface area contributed by atoms with E-state index in [1.165, 1.54) is 16.8 Å². The first kappa shape index (κ1) is 26.3. The molecule has 2 aromatic carbocycles. The van der Waals surface area contributed by atoms with E-state index in [-0.39, 0.29) is 18.9 Å². The fourth-order valence-electron chi connectivity index (χ4n) is 4.62. The zero-order valence-corrected chi connectivity index (χ0v) is 21.8. The molecule has 7 nitrogen and oxygen atoms in total. The Hall–Kier alpha value is -3.36. The van der Waals surface area contributed by atoms with E-state index in [4.69, 9.17) is 11.6 Å². The maximum absolute atomic E-state index is 13.5. The molecule has 0 radical (unpaired) electrons. The van der Waals surface area contributed by atoms with Gasteiger partial charge in [0.1, 0.15) is 17.4 Å². The number of aromatic nitrogens is 2. The third kappa shape index (κ3) is 5.02. The van der Waals surface area contributed by atoms with Crippen LogP contribution in [0.3, 0.4) is 0 Å². The number of anilines is 1. The summed E-state index contributed by atoms with van der Waals surface area (Å²) in [4.78, 5) is 15.7. The number of benzene rings is 2. The number of hydrogen-bond acceptors (Lipinski definition) is 5. The molecule has 1 aromatic heterocycles. The van der Waals surface area contributed by atoms with E-state index in [9.17, 15) is 27.4 Å². The summed E-state index contributed by atoms with van der Waals surface area (Å²) in [5.41, 5.74) is -0.713. The molecule has 2 fully saturated rings. The van der Waals surface area contributed by atoms with Crippen molar-refractivity contribution in [3.8, 4) is 11.8 Å². The van der Waals surface area contributed by atoms with Crippen LogP contribution in [0.15, 0.2) is 59.5 Å². The van der Waals surface area contributed by atoms with Crippen LogP contribution in [0, 0.1) is 18.3 Å². The first-order chi connectivity index (χ1) is 18.0. The van der Waals surface area contributed by atoms with Gasteiger partial charge >= 0.3 is 6.18 Å². The van der Waals surface area contributed by atoms with Crippen molar-refractivity contribution >= 4 is 34.1 Å². The number of amides is 1. The van der Waals surface area contributed by atoms with Gasteiger partial charge in [0, 0.05) is 12.6 Å². The quantitative estimate of drug-likeness (QED) is 0.468. The summed E-state index contributed by atoms with van der Waals surface area (Å²) in [5.74, 6) is 0.100. The number of carbonyl (C=O) groups is 1. The molecular weight excluding hydrogens is 539 g/mol. The number of nitrogens with one attached hydrogen (secondary N) is 1. The van der Waals surface area contributed by atoms with Gasteiger partial charge in [0.2, 0.25) is 5.91 Å². The molecule has 12 heteroatoms. The fourth-order valence-corrected chi connectivity index (χ4v) is 6.47. The van der Waals surface area contributed by atoms with Crippen LogP contribution < -0.4 is 10.2 Å². The van der Waals surface area contributed by atoms with Crippen LogP contribution in [0.1, 0.15) is 30.5 Å². The molecule has 1 N–H and O–H groups in total. The molecule has 3 atom stereocenters. The summed E-state index contributed by atoms with van der Waals surface area (Å²) >= 11 is 6.30. The predicted octanol–water partition coefficient (Wildman–Crippen LogP) is 4.78. The number of nitrogens with zero attached hydrogens (tertiary/aromatic N) is 4. The molecule has 198 valence electrons. The van der Waals surface area contributed by atoms with Crippen LogP contribution in [0.4, 0.5) is 19.0 Å². The summed E-state index contributed by atoms with van der Waals surface area (Å²) in [5, 5.41) is 16.7. The van der Waals surface area contributed by atoms with Crippen LogP contribution in [-0.4, -0.2) is 43.3 Å². The van der Waals surface area contributed by atoms with Crippen LogP contribution in [-0.2, 0) is 21.8 Å². The van der Waals surface area contributed by atoms with Gasteiger partial charge in [0.15, 0.2) is 0 Å². The number of aryl methyl sites for hydroxylation is 1. The average molecular weight is 562 g/mol. The smallest absolute Gasteiger partial charge is 0.343 e. The topological polar surface area (TPSA) is 91.0 Å². The van der Waals surface area contributed by atoms with Gasteiger partial charge in [0.25, 0.3) is 0 Å². The second kappa shape index (κ2) is 9.75. The normalized spacial score (nSPS) is 21.1. The monoisotopic (exact) mass is 561 g/mol. The molecule has 2 heterocycles. The molecule has 1 aliphatic carbocycles. The maximum Gasteiger partial charge on any atom is 0.416 e. The SMILES string of the molecule is Cc1cc(N2CC(S(=O)c3ccccc3Cl)CC2C(=O)NC2(C#N)CC2)n(-c2ccc(C(F)(F)F)cc2)n1. The van der Waals surface area contributed by atoms with Crippen LogP contribution >= 0.6 is 11.6 Å². The summed E-state index contributed by atoms with van der Waals surface area (Å²) in [6.07, 6.45) is -3.14. The number of alkyl halides is 3. The molecular formula is C26H23ClF3N5O2S. The first-order valence-corrected chi connectivity index (χ1v) is 13.5. The van der Waals surface area contributed by atoms with E-state index in [0.717, 1.165) is 12.1 Å². The Balaban J connectivity index is 1.51. The van der Waals surface area contributed by atoms with Crippen molar-refractivity contribution in [2.24, 2.45) is 0 Å². The van der Waals surface area contributed by atoms with Crippen LogP contribution in [0.25, 0.3) is 5.69 Å². The molecule has 0 bridgehead atoms. The molecule has 1 aliphatic heterocycles. The minimum atomic E-state index is -4.48. The van der Waals surface area contributed by atoms with Gasteiger partial charge in [-0.3, -0.25) is 9.00 Å². The second-order valence-electron chi connectivity index (χ2n) is 9.54. The molecule has 1 saturated carbocycles. The molecule has 5 rings (SSSR count). The Morgan fingerprint density at radius 1 is 1.21 bits per heavy atom. The summed E-state index contributed by atoms with van der Waals surface area (Å²) in [6, 6.07) is 14.5. The Kier molecular flexibility index (Phi) is 6.73. The van der Waals surface area contributed by atoms with E-state index < -0.39 is 39.4 Å².